The van der Waals surface area contributed by atoms with E-state index in [0.717, 1.165) is 12.3 Å². The summed E-state index contributed by atoms with van der Waals surface area (Å²) in [6.45, 7) is 6.45. The molecule has 0 aromatic carbocycles. The molecule has 140 valence electrons. The first kappa shape index (κ1) is 18.4. The molecule has 1 fully saturated rings. The quantitative estimate of drug-likeness (QED) is 0.818. The second kappa shape index (κ2) is 6.71. The average Bonchev–Trinajstić information content (AvgIpc) is 2.94. The third-order valence-corrected chi connectivity index (χ3v) is 4.24. The number of halogens is 3. The van der Waals surface area contributed by atoms with Crippen molar-refractivity contribution in [2.75, 3.05) is 13.1 Å². The zero-order valence-corrected chi connectivity index (χ0v) is 14.6. The minimum absolute atomic E-state index is 0.0605. The Kier molecular flexibility index (Phi) is 4.74. The van der Waals surface area contributed by atoms with E-state index in [1.54, 1.807) is 11.8 Å². The molecule has 0 saturated carbocycles. The number of aromatic nitrogens is 3. The monoisotopic (exact) mass is 368 g/mol. The van der Waals surface area contributed by atoms with Crippen molar-refractivity contribution >= 4 is 5.91 Å². The fraction of sp³-hybridized carbons (Fsp3) is 0.471. The van der Waals surface area contributed by atoms with Gasteiger partial charge in [-0.25, -0.2) is 9.67 Å². The van der Waals surface area contributed by atoms with Crippen LogP contribution < -0.4 is 0 Å². The molecule has 9 heteroatoms. The van der Waals surface area contributed by atoms with Gasteiger partial charge in [0.1, 0.15) is 0 Å². The molecule has 2 atom stereocenters. The van der Waals surface area contributed by atoms with Crippen LogP contribution >= 0.6 is 0 Å². The van der Waals surface area contributed by atoms with Crippen molar-refractivity contribution in [2.45, 2.75) is 39.2 Å². The minimum atomic E-state index is -4.45. The van der Waals surface area contributed by atoms with Gasteiger partial charge >= 0.3 is 6.18 Å². The molecule has 0 aliphatic carbocycles. The van der Waals surface area contributed by atoms with E-state index in [0.29, 0.717) is 24.3 Å². The van der Waals surface area contributed by atoms with Crippen molar-refractivity contribution in [3.8, 4) is 5.82 Å². The molecule has 1 aliphatic rings. The van der Waals surface area contributed by atoms with E-state index in [2.05, 4.69) is 10.1 Å². The number of rotatable bonds is 2. The van der Waals surface area contributed by atoms with E-state index in [-0.39, 0.29) is 23.9 Å². The molecule has 1 amide bonds. The lowest BCUT2D eigenvalue weighted by atomic mass is 10.1. The van der Waals surface area contributed by atoms with Gasteiger partial charge in [-0.15, -0.1) is 0 Å². The highest BCUT2D eigenvalue weighted by molar-refractivity contribution is 5.95. The molecule has 3 rings (SSSR count). The van der Waals surface area contributed by atoms with Crippen LogP contribution in [0.5, 0.6) is 0 Å². The molecule has 1 aliphatic heterocycles. The van der Waals surface area contributed by atoms with Crippen LogP contribution in [0.2, 0.25) is 0 Å². The molecule has 0 spiro atoms. The van der Waals surface area contributed by atoms with Crippen LogP contribution in [0.4, 0.5) is 13.2 Å². The highest BCUT2D eigenvalue weighted by atomic mass is 19.4. The number of nitrogens with zero attached hydrogens (tertiary/aromatic N) is 4. The van der Waals surface area contributed by atoms with Gasteiger partial charge in [0.2, 0.25) is 0 Å². The SMILES string of the molecule is Cc1c(C(=O)N2CC(C)OC(C)C2)cnn1-c1ccc(C(F)(F)F)cn1. The molecule has 6 nitrogen and oxygen atoms in total. The van der Waals surface area contributed by atoms with Crippen LogP contribution in [0.3, 0.4) is 0 Å². The highest BCUT2D eigenvalue weighted by Gasteiger charge is 2.31. The largest absolute Gasteiger partial charge is 0.417 e. The Bertz CT molecular complexity index is 791. The molecule has 2 unspecified atom stereocenters. The fourth-order valence-electron chi connectivity index (χ4n) is 3.04. The molecule has 26 heavy (non-hydrogen) atoms. The summed E-state index contributed by atoms with van der Waals surface area (Å²) < 4.78 is 45.0. The Balaban J connectivity index is 1.85. The van der Waals surface area contributed by atoms with Crippen molar-refractivity contribution in [2.24, 2.45) is 0 Å². The van der Waals surface area contributed by atoms with Gasteiger partial charge in [-0.05, 0) is 32.9 Å². The summed E-state index contributed by atoms with van der Waals surface area (Å²) in [5.74, 6) is 0.0425. The second-order valence-corrected chi connectivity index (χ2v) is 6.43. The Morgan fingerprint density at radius 2 is 1.85 bits per heavy atom. The van der Waals surface area contributed by atoms with Crippen molar-refractivity contribution in [3.05, 3.63) is 41.3 Å². The van der Waals surface area contributed by atoms with Gasteiger partial charge < -0.3 is 9.64 Å². The predicted molar refractivity (Wildman–Crippen MR) is 87.0 cm³/mol. The predicted octanol–water partition coefficient (Wildman–Crippen LogP) is 2.84. The van der Waals surface area contributed by atoms with Gasteiger partial charge in [-0.3, -0.25) is 4.79 Å². The molecular weight excluding hydrogens is 349 g/mol. The summed E-state index contributed by atoms with van der Waals surface area (Å²) in [6.07, 6.45) is -2.40. The van der Waals surface area contributed by atoms with Crippen LogP contribution in [0, 0.1) is 6.92 Å². The Hall–Kier alpha value is -2.42. The van der Waals surface area contributed by atoms with E-state index in [9.17, 15) is 18.0 Å². The highest BCUT2D eigenvalue weighted by Crippen LogP contribution is 2.29. The van der Waals surface area contributed by atoms with Crippen LogP contribution in [-0.4, -0.2) is 50.9 Å². The van der Waals surface area contributed by atoms with Crippen LogP contribution in [0.1, 0.15) is 35.5 Å². The number of ether oxygens (including phenoxy) is 1. The lowest BCUT2D eigenvalue weighted by Gasteiger charge is -2.35. The normalized spacial score (nSPS) is 21.1. The number of carbonyl (C=O) groups excluding carboxylic acids is 1. The van der Waals surface area contributed by atoms with Crippen molar-refractivity contribution in [3.63, 3.8) is 0 Å². The molecule has 0 N–H and O–H groups in total. The minimum Gasteiger partial charge on any atom is -0.372 e. The smallest absolute Gasteiger partial charge is 0.372 e. The molecule has 1 saturated heterocycles. The zero-order valence-electron chi connectivity index (χ0n) is 14.6. The van der Waals surface area contributed by atoms with Gasteiger partial charge in [0.05, 0.1) is 35.2 Å². The van der Waals surface area contributed by atoms with E-state index in [1.165, 1.54) is 16.9 Å². The molecule has 2 aromatic heterocycles. The van der Waals surface area contributed by atoms with Crippen LogP contribution in [-0.2, 0) is 10.9 Å². The number of carbonyl (C=O) groups is 1. The number of alkyl halides is 3. The third kappa shape index (κ3) is 3.57. The van der Waals surface area contributed by atoms with Gasteiger partial charge in [-0.1, -0.05) is 0 Å². The lowest BCUT2D eigenvalue weighted by molar-refractivity contribution is -0.137. The summed E-state index contributed by atoms with van der Waals surface area (Å²) in [6, 6.07) is 2.17. The average molecular weight is 368 g/mol. The fourth-order valence-corrected chi connectivity index (χ4v) is 3.04. The van der Waals surface area contributed by atoms with Gasteiger partial charge in [0.15, 0.2) is 5.82 Å². The Morgan fingerprint density at radius 3 is 2.38 bits per heavy atom. The maximum absolute atomic E-state index is 12.8. The van der Waals surface area contributed by atoms with E-state index >= 15 is 0 Å². The number of hydrogen-bond donors (Lipinski definition) is 0. The summed E-state index contributed by atoms with van der Waals surface area (Å²) in [4.78, 5) is 18.3. The lowest BCUT2D eigenvalue weighted by Crippen LogP contribution is -2.48. The first-order valence-corrected chi connectivity index (χ1v) is 8.19. The van der Waals surface area contributed by atoms with Crippen molar-refractivity contribution < 1.29 is 22.7 Å². The number of hydrogen-bond acceptors (Lipinski definition) is 4. The summed E-state index contributed by atoms with van der Waals surface area (Å²) in [5, 5.41) is 4.13. The Morgan fingerprint density at radius 1 is 1.19 bits per heavy atom. The summed E-state index contributed by atoms with van der Waals surface area (Å²) in [7, 11) is 0. The standard InChI is InChI=1S/C17H19F3N4O2/c1-10-8-23(9-11(2)26-10)16(25)14-7-22-24(12(14)3)15-5-4-13(6-21-15)17(18,19)20/h4-7,10-11H,8-9H2,1-3H3. The number of morpholine rings is 1. The van der Waals surface area contributed by atoms with Crippen LogP contribution in [0.25, 0.3) is 5.82 Å². The molecule has 0 bridgehead atoms. The number of pyridine rings is 1. The first-order chi connectivity index (χ1) is 12.2. The second-order valence-electron chi connectivity index (χ2n) is 6.43. The van der Waals surface area contributed by atoms with Crippen molar-refractivity contribution in [1.29, 1.82) is 0 Å². The summed E-state index contributed by atoms with van der Waals surface area (Å²) in [5.41, 5.74) is 0.0840. The molecule has 3 heterocycles. The van der Waals surface area contributed by atoms with Gasteiger partial charge in [0.25, 0.3) is 5.91 Å². The topological polar surface area (TPSA) is 60.3 Å². The van der Waals surface area contributed by atoms with Gasteiger partial charge in [-0.2, -0.15) is 18.3 Å². The van der Waals surface area contributed by atoms with Gasteiger partial charge in [0, 0.05) is 19.3 Å². The van der Waals surface area contributed by atoms with E-state index in [1.807, 2.05) is 13.8 Å². The van der Waals surface area contributed by atoms with E-state index < -0.39 is 11.7 Å². The van der Waals surface area contributed by atoms with Crippen LogP contribution in [0.15, 0.2) is 24.5 Å². The number of amides is 1. The first-order valence-electron chi connectivity index (χ1n) is 8.19. The van der Waals surface area contributed by atoms with Crippen molar-refractivity contribution in [1.82, 2.24) is 19.7 Å². The maximum atomic E-state index is 12.8. The molecule has 2 aromatic rings. The van der Waals surface area contributed by atoms with E-state index in [4.69, 9.17) is 4.74 Å². The zero-order chi connectivity index (χ0) is 19.1. The molecular formula is C17H19F3N4O2. The Labute approximate surface area is 148 Å². The third-order valence-electron chi connectivity index (χ3n) is 4.24. The maximum Gasteiger partial charge on any atom is 0.417 e. The summed E-state index contributed by atoms with van der Waals surface area (Å²) >= 11 is 0. The molecule has 0 radical (unpaired) electrons.